The van der Waals surface area contributed by atoms with Crippen molar-refractivity contribution in [2.75, 3.05) is 0 Å². The van der Waals surface area contributed by atoms with Gasteiger partial charge < -0.3 is 0 Å². The molecule has 0 aliphatic carbocycles. The van der Waals surface area contributed by atoms with Crippen molar-refractivity contribution in [2.24, 2.45) is 0 Å². The normalized spacial score (nSPS) is 11.8. The van der Waals surface area contributed by atoms with E-state index in [1.165, 1.54) is 16.0 Å². The Kier molecular flexibility index (Phi) is 3.51. The molecule has 108 valence electrons. The Morgan fingerprint density at radius 1 is 1.10 bits per heavy atom. The Labute approximate surface area is 127 Å². The number of halogens is 4. The van der Waals surface area contributed by atoms with Crippen molar-refractivity contribution in [3.8, 4) is 16.3 Å². The van der Waals surface area contributed by atoms with E-state index in [0.717, 1.165) is 6.07 Å². The fourth-order valence-electron chi connectivity index (χ4n) is 1.93. The number of rotatable bonds is 2. The Balaban J connectivity index is 2.24. The summed E-state index contributed by atoms with van der Waals surface area (Å²) < 4.78 is 40.0. The van der Waals surface area contributed by atoms with Crippen molar-refractivity contribution in [3.05, 3.63) is 58.6 Å². The molecule has 0 saturated heterocycles. The maximum Gasteiger partial charge on any atom is 0.435 e. The minimum absolute atomic E-state index is 0.340. The summed E-state index contributed by atoms with van der Waals surface area (Å²) in [6.45, 7) is 0. The lowest BCUT2D eigenvalue weighted by molar-refractivity contribution is -0.141. The van der Waals surface area contributed by atoms with Crippen molar-refractivity contribution in [2.45, 2.75) is 6.18 Å². The first-order valence-electron chi connectivity index (χ1n) is 5.93. The van der Waals surface area contributed by atoms with Gasteiger partial charge in [0, 0.05) is 0 Å². The topological polar surface area (TPSA) is 17.8 Å². The van der Waals surface area contributed by atoms with Crippen LogP contribution >= 0.6 is 22.9 Å². The number of benzene rings is 1. The van der Waals surface area contributed by atoms with E-state index in [1.807, 2.05) is 0 Å². The van der Waals surface area contributed by atoms with Gasteiger partial charge in [0.25, 0.3) is 0 Å². The first-order valence-corrected chi connectivity index (χ1v) is 7.18. The Hall–Kier alpha value is -1.79. The molecule has 0 atom stereocenters. The highest BCUT2D eigenvalue weighted by atomic mass is 35.5. The van der Waals surface area contributed by atoms with Crippen molar-refractivity contribution in [3.63, 3.8) is 0 Å². The molecule has 2 nitrogen and oxygen atoms in total. The van der Waals surface area contributed by atoms with Gasteiger partial charge in [-0.05, 0) is 29.6 Å². The summed E-state index contributed by atoms with van der Waals surface area (Å²) in [6, 6.07) is 11.2. The average Bonchev–Trinajstić information content (AvgIpc) is 3.07. The zero-order chi connectivity index (χ0) is 15.0. The van der Waals surface area contributed by atoms with Gasteiger partial charge in [0.15, 0.2) is 5.69 Å². The highest BCUT2D eigenvalue weighted by molar-refractivity contribution is 7.13. The third-order valence-electron chi connectivity index (χ3n) is 2.85. The van der Waals surface area contributed by atoms with E-state index in [9.17, 15) is 13.2 Å². The predicted molar refractivity (Wildman–Crippen MR) is 76.9 cm³/mol. The molecule has 1 aromatic carbocycles. The van der Waals surface area contributed by atoms with Crippen molar-refractivity contribution in [1.29, 1.82) is 0 Å². The second-order valence-electron chi connectivity index (χ2n) is 4.25. The van der Waals surface area contributed by atoms with Gasteiger partial charge in [0.2, 0.25) is 0 Å². The molecule has 2 heterocycles. The van der Waals surface area contributed by atoms with E-state index in [2.05, 4.69) is 5.10 Å². The summed E-state index contributed by atoms with van der Waals surface area (Å²) in [5.74, 6) is 0. The highest BCUT2D eigenvalue weighted by Gasteiger charge is 2.35. The molecule has 0 aliphatic heterocycles. The van der Waals surface area contributed by atoms with Crippen molar-refractivity contribution in [1.82, 2.24) is 9.78 Å². The molecule has 3 aromatic rings. The second kappa shape index (κ2) is 5.20. The zero-order valence-electron chi connectivity index (χ0n) is 10.4. The summed E-state index contributed by atoms with van der Waals surface area (Å²) in [6.07, 6.45) is -4.50. The summed E-state index contributed by atoms with van der Waals surface area (Å²) in [5.41, 5.74) is -0.158. The Morgan fingerprint density at radius 3 is 2.48 bits per heavy atom. The van der Waals surface area contributed by atoms with Gasteiger partial charge in [-0.2, -0.15) is 18.3 Å². The van der Waals surface area contributed by atoms with Crippen LogP contribution in [0.15, 0.2) is 47.8 Å². The van der Waals surface area contributed by atoms with Crippen molar-refractivity contribution >= 4 is 22.9 Å². The van der Waals surface area contributed by atoms with E-state index in [-0.39, 0.29) is 0 Å². The summed E-state index contributed by atoms with van der Waals surface area (Å²) in [4.78, 5) is 0.693. The highest BCUT2D eigenvalue weighted by Crippen LogP contribution is 2.35. The van der Waals surface area contributed by atoms with Gasteiger partial charge >= 0.3 is 6.18 Å². The molecule has 0 amide bonds. The van der Waals surface area contributed by atoms with Crippen LogP contribution < -0.4 is 0 Å². The zero-order valence-corrected chi connectivity index (χ0v) is 12.0. The van der Waals surface area contributed by atoms with Crippen LogP contribution in [0, 0.1) is 0 Å². The molecule has 0 bridgehead atoms. The molecule has 0 aliphatic rings. The van der Waals surface area contributed by atoms with E-state index in [4.69, 9.17) is 11.6 Å². The first-order chi connectivity index (χ1) is 9.97. The molecule has 0 radical (unpaired) electrons. The van der Waals surface area contributed by atoms with Crippen LogP contribution in [0.3, 0.4) is 0 Å². The first kappa shape index (κ1) is 14.2. The number of aromatic nitrogens is 2. The van der Waals surface area contributed by atoms with Gasteiger partial charge in [-0.1, -0.05) is 29.8 Å². The van der Waals surface area contributed by atoms with Gasteiger partial charge in [-0.25, -0.2) is 4.68 Å². The summed E-state index contributed by atoms with van der Waals surface area (Å²) >= 11 is 7.42. The number of thiophene rings is 1. The predicted octanol–water partition coefficient (Wildman–Crippen LogP) is 5.27. The Morgan fingerprint density at radius 2 is 1.86 bits per heavy atom. The largest absolute Gasteiger partial charge is 0.435 e. The van der Waals surface area contributed by atoms with E-state index in [0.29, 0.717) is 21.3 Å². The van der Waals surface area contributed by atoms with Gasteiger partial charge in [0.05, 0.1) is 21.3 Å². The fraction of sp³-hybridized carbons (Fsp3) is 0.0714. The molecule has 0 spiro atoms. The second-order valence-corrected chi connectivity index (χ2v) is 5.61. The maximum absolute atomic E-state index is 12.9. The van der Waals surface area contributed by atoms with Crippen LogP contribution in [0.2, 0.25) is 5.02 Å². The van der Waals surface area contributed by atoms with Crippen LogP contribution in [0.5, 0.6) is 0 Å². The maximum atomic E-state index is 12.9. The number of hydrogen-bond donors (Lipinski definition) is 0. The average molecular weight is 329 g/mol. The molecular formula is C14H8ClF3N2S. The van der Waals surface area contributed by atoms with Gasteiger partial charge in [-0.15, -0.1) is 11.3 Å². The van der Waals surface area contributed by atoms with Crippen molar-refractivity contribution < 1.29 is 13.2 Å². The Bertz CT molecular complexity index is 763. The van der Waals surface area contributed by atoms with Gasteiger partial charge in [0.1, 0.15) is 0 Å². The van der Waals surface area contributed by atoms with E-state index in [1.54, 1.807) is 41.8 Å². The van der Waals surface area contributed by atoms with E-state index < -0.39 is 11.9 Å². The minimum atomic E-state index is -4.50. The van der Waals surface area contributed by atoms with Crippen LogP contribution in [0.4, 0.5) is 13.2 Å². The monoisotopic (exact) mass is 328 g/mol. The molecule has 3 rings (SSSR count). The number of para-hydroxylation sites is 1. The SMILES string of the molecule is FC(F)(F)c1cc(-c2cccs2)n(-c2ccccc2Cl)n1. The lowest BCUT2D eigenvalue weighted by Crippen LogP contribution is -2.07. The quantitative estimate of drug-likeness (QED) is 0.626. The smallest absolute Gasteiger partial charge is 0.230 e. The number of nitrogens with zero attached hydrogens (tertiary/aromatic N) is 2. The van der Waals surface area contributed by atoms with Crippen LogP contribution in [0.25, 0.3) is 16.3 Å². The molecule has 7 heteroatoms. The molecule has 0 fully saturated rings. The third-order valence-corrected chi connectivity index (χ3v) is 4.07. The van der Waals surface area contributed by atoms with E-state index >= 15 is 0 Å². The standard InChI is InChI=1S/C14H8ClF3N2S/c15-9-4-1-2-5-10(9)20-11(12-6-3-7-21-12)8-13(19-20)14(16,17)18/h1-8H. The number of hydrogen-bond acceptors (Lipinski definition) is 2. The molecule has 0 unspecified atom stereocenters. The lowest BCUT2D eigenvalue weighted by Gasteiger charge is -2.07. The molecule has 21 heavy (non-hydrogen) atoms. The van der Waals surface area contributed by atoms with Crippen LogP contribution in [-0.4, -0.2) is 9.78 Å². The summed E-state index contributed by atoms with van der Waals surface area (Å²) in [5, 5.41) is 5.82. The molecular weight excluding hydrogens is 321 g/mol. The summed E-state index contributed by atoms with van der Waals surface area (Å²) in [7, 11) is 0. The van der Waals surface area contributed by atoms with Gasteiger partial charge in [-0.3, -0.25) is 0 Å². The fourth-order valence-corrected chi connectivity index (χ4v) is 2.87. The lowest BCUT2D eigenvalue weighted by atomic mass is 10.2. The molecule has 0 saturated carbocycles. The molecule has 0 N–H and O–H groups in total. The third kappa shape index (κ3) is 2.69. The van der Waals surface area contributed by atoms with Crippen LogP contribution in [0.1, 0.15) is 5.69 Å². The number of alkyl halides is 3. The minimum Gasteiger partial charge on any atom is -0.230 e. The molecule has 2 aromatic heterocycles. The van der Waals surface area contributed by atoms with Crippen LogP contribution in [-0.2, 0) is 6.18 Å².